The SMILES string of the molecule is CCOc1ccc(C(=O)NCC2CC2)cc1S(N)(=O)=O. The van der Waals surface area contributed by atoms with Gasteiger partial charge in [0.05, 0.1) is 6.61 Å². The number of carbonyl (C=O) groups excluding carboxylic acids is 1. The summed E-state index contributed by atoms with van der Waals surface area (Å²) in [5, 5.41) is 7.93. The fourth-order valence-corrected chi connectivity index (χ4v) is 2.51. The molecule has 2 rings (SSSR count). The molecule has 6 nitrogen and oxygen atoms in total. The molecule has 0 bridgehead atoms. The van der Waals surface area contributed by atoms with Crippen molar-refractivity contribution >= 4 is 15.9 Å². The maximum atomic E-state index is 11.9. The summed E-state index contributed by atoms with van der Waals surface area (Å²) < 4.78 is 28.3. The Morgan fingerprint density at radius 3 is 2.70 bits per heavy atom. The third-order valence-electron chi connectivity index (χ3n) is 3.06. The minimum atomic E-state index is -3.94. The molecule has 0 saturated heterocycles. The van der Waals surface area contributed by atoms with Gasteiger partial charge in [-0.05, 0) is 43.9 Å². The van der Waals surface area contributed by atoms with E-state index >= 15 is 0 Å². The van der Waals surface area contributed by atoms with E-state index in [1.807, 2.05) is 0 Å². The van der Waals surface area contributed by atoms with Gasteiger partial charge in [-0.15, -0.1) is 0 Å². The van der Waals surface area contributed by atoms with Crippen LogP contribution in [0.15, 0.2) is 23.1 Å². The average molecular weight is 298 g/mol. The topological polar surface area (TPSA) is 98.5 Å². The van der Waals surface area contributed by atoms with E-state index in [0.717, 1.165) is 12.8 Å². The lowest BCUT2D eigenvalue weighted by Gasteiger charge is -2.10. The highest BCUT2D eigenvalue weighted by Gasteiger charge is 2.23. The number of sulfonamides is 1. The summed E-state index contributed by atoms with van der Waals surface area (Å²) in [4.78, 5) is 11.8. The minimum Gasteiger partial charge on any atom is -0.492 e. The van der Waals surface area contributed by atoms with Crippen molar-refractivity contribution in [1.29, 1.82) is 0 Å². The van der Waals surface area contributed by atoms with Gasteiger partial charge >= 0.3 is 0 Å². The summed E-state index contributed by atoms with van der Waals surface area (Å²) in [5.41, 5.74) is 0.262. The first kappa shape index (κ1) is 14.8. The van der Waals surface area contributed by atoms with E-state index in [0.29, 0.717) is 19.1 Å². The van der Waals surface area contributed by atoms with Crippen molar-refractivity contribution in [3.63, 3.8) is 0 Å². The average Bonchev–Trinajstić information content (AvgIpc) is 3.19. The van der Waals surface area contributed by atoms with Gasteiger partial charge in [0.2, 0.25) is 10.0 Å². The second-order valence-electron chi connectivity index (χ2n) is 4.79. The first-order valence-electron chi connectivity index (χ1n) is 6.49. The zero-order valence-electron chi connectivity index (χ0n) is 11.3. The second-order valence-corrected chi connectivity index (χ2v) is 6.32. The van der Waals surface area contributed by atoms with Crippen LogP contribution in [0, 0.1) is 5.92 Å². The molecule has 1 aromatic carbocycles. The van der Waals surface area contributed by atoms with E-state index in [-0.39, 0.29) is 22.1 Å². The van der Waals surface area contributed by atoms with Crippen LogP contribution >= 0.6 is 0 Å². The zero-order chi connectivity index (χ0) is 14.8. The number of carbonyl (C=O) groups is 1. The molecule has 1 amide bonds. The molecule has 1 fully saturated rings. The molecular weight excluding hydrogens is 280 g/mol. The Balaban J connectivity index is 2.23. The third kappa shape index (κ3) is 3.71. The van der Waals surface area contributed by atoms with Crippen molar-refractivity contribution in [2.75, 3.05) is 13.2 Å². The Kier molecular flexibility index (Phi) is 4.29. The number of hydrogen-bond acceptors (Lipinski definition) is 4. The van der Waals surface area contributed by atoms with Crippen LogP contribution in [0.2, 0.25) is 0 Å². The maximum absolute atomic E-state index is 11.9. The summed E-state index contributed by atoms with van der Waals surface area (Å²) in [5.74, 6) is 0.415. The van der Waals surface area contributed by atoms with Crippen LogP contribution in [0.4, 0.5) is 0 Å². The maximum Gasteiger partial charge on any atom is 0.251 e. The zero-order valence-corrected chi connectivity index (χ0v) is 12.1. The van der Waals surface area contributed by atoms with Gasteiger partial charge < -0.3 is 10.1 Å². The lowest BCUT2D eigenvalue weighted by atomic mass is 10.2. The fourth-order valence-electron chi connectivity index (χ4n) is 1.81. The van der Waals surface area contributed by atoms with Crippen LogP contribution < -0.4 is 15.2 Å². The van der Waals surface area contributed by atoms with Crippen LogP contribution in [-0.2, 0) is 10.0 Å². The Morgan fingerprint density at radius 2 is 2.15 bits per heavy atom. The highest BCUT2D eigenvalue weighted by atomic mass is 32.2. The van der Waals surface area contributed by atoms with Gasteiger partial charge in [0.25, 0.3) is 5.91 Å². The Morgan fingerprint density at radius 1 is 1.45 bits per heavy atom. The van der Waals surface area contributed by atoms with Crippen molar-refractivity contribution in [3.05, 3.63) is 23.8 Å². The monoisotopic (exact) mass is 298 g/mol. The van der Waals surface area contributed by atoms with E-state index in [4.69, 9.17) is 9.88 Å². The van der Waals surface area contributed by atoms with Crippen molar-refractivity contribution in [2.24, 2.45) is 11.1 Å². The van der Waals surface area contributed by atoms with Crippen molar-refractivity contribution < 1.29 is 17.9 Å². The van der Waals surface area contributed by atoms with E-state index < -0.39 is 10.0 Å². The summed E-state index contributed by atoms with van der Waals surface area (Å²) in [6.45, 7) is 2.68. The normalized spacial score (nSPS) is 14.9. The van der Waals surface area contributed by atoms with Gasteiger partial charge in [0.15, 0.2) is 0 Å². The lowest BCUT2D eigenvalue weighted by molar-refractivity contribution is 0.0951. The molecule has 0 radical (unpaired) electrons. The van der Waals surface area contributed by atoms with Gasteiger partial charge in [0, 0.05) is 12.1 Å². The Hall–Kier alpha value is -1.60. The second kappa shape index (κ2) is 5.80. The van der Waals surface area contributed by atoms with Gasteiger partial charge in [-0.1, -0.05) is 0 Å². The van der Waals surface area contributed by atoms with Gasteiger partial charge in [-0.3, -0.25) is 4.79 Å². The lowest BCUT2D eigenvalue weighted by Crippen LogP contribution is -2.26. The number of nitrogens with two attached hydrogens (primary N) is 1. The standard InChI is InChI=1S/C13H18N2O4S/c1-2-19-11-6-5-10(7-12(11)20(14,17)18)13(16)15-8-9-3-4-9/h5-7,9H,2-4,8H2,1H3,(H,15,16)(H2,14,17,18). The number of nitrogens with one attached hydrogen (secondary N) is 1. The number of benzene rings is 1. The summed E-state index contributed by atoms with van der Waals surface area (Å²) >= 11 is 0. The molecule has 110 valence electrons. The number of amides is 1. The van der Waals surface area contributed by atoms with E-state index in [9.17, 15) is 13.2 Å². The smallest absolute Gasteiger partial charge is 0.251 e. The van der Waals surface area contributed by atoms with Crippen LogP contribution in [0.3, 0.4) is 0 Å². The highest BCUT2D eigenvalue weighted by Crippen LogP contribution is 2.28. The fraction of sp³-hybridized carbons (Fsp3) is 0.462. The predicted octanol–water partition coefficient (Wildman–Crippen LogP) is 0.872. The van der Waals surface area contributed by atoms with Gasteiger partial charge in [-0.25, -0.2) is 13.6 Å². The molecule has 0 heterocycles. The third-order valence-corrected chi connectivity index (χ3v) is 3.99. The molecule has 1 aliphatic rings. The van der Waals surface area contributed by atoms with Gasteiger partial charge in [-0.2, -0.15) is 0 Å². The number of primary sulfonamides is 1. The molecule has 7 heteroatoms. The number of ether oxygens (including phenoxy) is 1. The van der Waals surface area contributed by atoms with Crippen LogP contribution in [0.1, 0.15) is 30.1 Å². The predicted molar refractivity (Wildman–Crippen MR) is 74.0 cm³/mol. The quantitative estimate of drug-likeness (QED) is 0.814. The van der Waals surface area contributed by atoms with Crippen molar-refractivity contribution in [2.45, 2.75) is 24.7 Å². The minimum absolute atomic E-state index is 0.161. The molecule has 0 spiro atoms. The Labute approximate surface area is 118 Å². The summed E-state index contributed by atoms with van der Waals surface area (Å²) in [7, 11) is -3.94. The number of hydrogen-bond donors (Lipinski definition) is 2. The molecule has 0 unspecified atom stereocenters. The van der Waals surface area contributed by atoms with Crippen LogP contribution in [0.25, 0.3) is 0 Å². The molecule has 0 aliphatic heterocycles. The van der Waals surface area contributed by atoms with E-state index in [1.54, 1.807) is 6.92 Å². The Bertz CT molecular complexity index is 609. The molecule has 20 heavy (non-hydrogen) atoms. The first-order valence-corrected chi connectivity index (χ1v) is 8.04. The molecule has 0 atom stereocenters. The van der Waals surface area contributed by atoms with Gasteiger partial charge in [0.1, 0.15) is 10.6 Å². The van der Waals surface area contributed by atoms with E-state index in [2.05, 4.69) is 5.32 Å². The van der Waals surface area contributed by atoms with Crippen molar-refractivity contribution in [1.82, 2.24) is 5.32 Å². The molecule has 1 aliphatic carbocycles. The van der Waals surface area contributed by atoms with Crippen molar-refractivity contribution in [3.8, 4) is 5.75 Å². The van der Waals surface area contributed by atoms with Crippen LogP contribution in [0.5, 0.6) is 5.75 Å². The van der Waals surface area contributed by atoms with Crippen LogP contribution in [-0.4, -0.2) is 27.5 Å². The highest BCUT2D eigenvalue weighted by molar-refractivity contribution is 7.89. The molecule has 1 saturated carbocycles. The molecule has 3 N–H and O–H groups in total. The first-order chi connectivity index (χ1) is 9.41. The molecule has 1 aromatic rings. The summed E-state index contributed by atoms with van der Waals surface area (Å²) in [6.07, 6.45) is 2.26. The molecular formula is C13H18N2O4S. The summed E-state index contributed by atoms with van der Waals surface area (Å²) in [6, 6.07) is 4.24. The largest absolute Gasteiger partial charge is 0.492 e. The molecule has 0 aromatic heterocycles. The number of rotatable bonds is 6. The van der Waals surface area contributed by atoms with E-state index in [1.165, 1.54) is 18.2 Å².